The summed E-state index contributed by atoms with van der Waals surface area (Å²) in [5.41, 5.74) is 0.743. The first-order valence-corrected chi connectivity index (χ1v) is 7.59. The van der Waals surface area contributed by atoms with Gasteiger partial charge in [-0.1, -0.05) is 11.6 Å². The molecule has 2 rings (SSSR count). The zero-order chi connectivity index (χ0) is 13.1. The fourth-order valence-corrected chi connectivity index (χ4v) is 3.34. The van der Waals surface area contributed by atoms with Gasteiger partial charge < -0.3 is 9.84 Å². The number of phenols is 1. The van der Waals surface area contributed by atoms with Crippen LogP contribution in [0, 0.1) is 0 Å². The molecule has 0 unspecified atom stereocenters. The highest BCUT2D eigenvalue weighted by Crippen LogP contribution is 2.34. The summed E-state index contributed by atoms with van der Waals surface area (Å²) in [5.74, 6) is 1.91. The molecular weight excluding hydrogens is 274 g/mol. The maximum absolute atomic E-state index is 11.3. The molecule has 1 saturated heterocycles. The number of benzene rings is 1. The molecule has 0 amide bonds. The van der Waals surface area contributed by atoms with E-state index >= 15 is 0 Å². The molecule has 1 N–H and O–H groups in total. The number of hydrogen-bond acceptors (Lipinski definition) is 4. The molecule has 4 nitrogen and oxygen atoms in total. The van der Waals surface area contributed by atoms with Crippen LogP contribution in [0.3, 0.4) is 0 Å². The monoisotopic (exact) mass is 289 g/mol. The minimum atomic E-state index is -0.690. The zero-order valence-corrected chi connectivity index (χ0v) is 11.8. The van der Waals surface area contributed by atoms with E-state index in [0.717, 1.165) is 18.7 Å². The van der Waals surface area contributed by atoms with Crippen molar-refractivity contribution in [2.45, 2.75) is 6.54 Å². The molecule has 0 radical (unpaired) electrons. The van der Waals surface area contributed by atoms with Crippen molar-refractivity contribution in [3.63, 3.8) is 0 Å². The fourth-order valence-electron chi connectivity index (χ4n) is 1.98. The predicted molar refractivity (Wildman–Crippen MR) is 72.8 cm³/mol. The Hall–Kier alpha value is -0.780. The van der Waals surface area contributed by atoms with Gasteiger partial charge in [-0.15, -0.1) is 0 Å². The molecule has 0 atom stereocenters. The minimum Gasteiger partial charge on any atom is -0.504 e. The molecule has 1 aromatic rings. The Balaban J connectivity index is 2.13. The van der Waals surface area contributed by atoms with Crippen LogP contribution in [0.2, 0.25) is 5.02 Å². The van der Waals surface area contributed by atoms with Crippen LogP contribution >= 0.6 is 11.6 Å². The molecule has 1 fully saturated rings. The number of aromatic hydroxyl groups is 1. The molecule has 100 valence electrons. The van der Waals surface area contributed by atoms with E-state index in [2.05, 4.69) is 4.90 Å². The molecule has 0 spiro atoms. The average Bonchev–Trinajstić information content (AvgIpc) is 2.36. The second-order valence-electron chi connectivity index (χ2n) is 4.24. The van der Waals surface area contributed by atoms with Gasteiger partial charge in [0.15, 0.2) is 11.5 Å². The molecular formula is C12H16ClNO3S. The van der Waals surface area contributed by atoms with Crippen molar-refractivity contribution in [1.29, 1.82) is 0 Å². The lowest BCUT2D eigenvalue weighted by Crippen LogP contribution is -2.37. The maximum atomic E-state index is 11.3. The SMILES string of the molecule is COc1cc(Cl)cc(CN2CCS(=O)CC2)c1O. The first-order valence-electron chi connectivity index (χ1n) is 5.73. The van der Waals surface area contributed by atoms with Gasteiger partial charge >= 0.3 is 0 Å². The second kappa shape index (κ2) is 5.91. The summed E-state index contributed by atoms with van der Waals surface area (Å²) in [5, 5.41) is 10.6. The Labute approximate surface area is 114 Å². The molecule has 1 heterocycles. The number of methoxy groups -OCH3 is 1. The van der Waals surface area contributed by atoms with Gasteiger partial charge in [0, 0.05) is 58.6 Å². The van der Waals surface area contributed by atoms with Gasteiger partial charge in [0.2, 0.25) is 0 Å². The highest BCUT2D eigenvalue weighted by Gasteiger charge is 2.18. The van der Waals surface area contributed by atoms with Crippen LogP contribution in [-0.4, -0.2) is 45.9 Å². The Morgan fingerprint density at radius 2 is 2.11 bits per heavy atom. The van der Waals surface area contributed by atoms with Crippen LogP contribution in [0.1, 0.15) is 5.56 Å². The zero-order valence-electron chi connectivity index (χ0n) is 10.2. The van der Waals surface area contributed by atoms with Gasteiger partial charge in [-0.2, -0.15) is 0 Å². The lowest BCUT2D eigenvalue weighted by Gasteiger charge is -2.26. The molecule has 1 aliphatic rings. The normalized spacial score (nSPS) is 17.9. The van der Waals surface area contributed by atoms with Crippen molar-refractivity contribution in [2.24, 2.45) is 0 Å². The van der Waals surface area contributed by atoms with E-state index in [9.17, 15) is 9.32 Å². The van der Waals surface area contributed by atoms with Gasteiger partial charge in [0.1, 0.15) is 0 Å². The summed E-state index contributed by atoms with van der Waals surface area (Å²) in [6.45, 7) is 2.15. The number of rotatable bonds is 3. The van der Waals surface area contributed by atoms with E-state index in [0.29, 0.717) is 28.8 Å². The largest absolute Gasteiger partial charge is 0.504 e. The third-order valence-electron chi connectivity index (χ3n) is 3.00. The molecule has 18 heavy (non-hydrogen) atoms. The number of ether oxygens (including phenoxy) is 1. The third-order valence-corrected chi connectivity index (χ3v) is 4.50. The summed E-state index contributed by atoms with van der Waals surface area (Å²) in [7, 11) is 0.810. The van der Waals surface area contributed by atoms with E-state index in [-0.39, 0.29) is 5.75 Å². The van der Waals surface area contributed by atoms with Gasteiger partial charge in [-0.05, 0) is 6.07 Å². The summed E-state index contributed by atoms with van der Waals surface area (Å²) in [6, 6.07) is 3.33. The van der Waals surface area contributed by atoms with Crippen LogP contribution < -0.4 is 4.74 Å². The smallest absolute Gasteiger partial charge is 0.162 e. The lowest BCUT2D eigenvalue weighted by molar-refractivity contribution is 0.284. The first-order chi connectivity index (χ1) is 8.60. The Morgan fingerprint density at radius 1 is 1.44 bits per heavy atom. The quantitative estimate of drug-likeness (QED) is 0.919. The number of halogens is 1. The summed E-state index contributed by atoms with van der Waals surface area (Å²) < 4.78 is 16.3. The van der Waals surface area contributed by atoms with Crippen molar-refractivity contribution in [3.05, 3.63) is 22.7 Å². The molecule has 0 saturated carbocycles. The minimum absolute atomic E-state index is 0.133. The third kappa shape index (κ3) is 3.16. The topological polar surface area (TPSA) is 49.8 Å². The highest BCUT2D eigenvalue weighted by atomic mass is 35.5. The number of hydrogen-bond donors (Lipinski definition) is 1. The van der Waals surface area contributed by atoms with Gasteiger partial charge in [0.25, 0.3) is 0 Å². The van der Waals surface area contributed by atoms with E-state index in [1.807, 2.05) is 0 Å². The van der Waals surface area contributed by atoms with E-state index in [1.54, 1.807) is 12.1 Å². The Kier molecular flexibility index (Phi) is 4.48. The predicted octanol–water partition coefficient (Wildman–Crippen LogP) is 1.62. The van der Waals surface area contributed by atoms with Crippen molar-refractivity contribution in [3.8, 4) is 11.5 Å². The van der Waals surface area contributed by atoms with Gasteiger partial charge in [-0.25, -0.2) is 0 Å². The summed E-state index contributed by atoms with van der Waals surface area (Å²) >= 11 is 5.98. The van der Waals surface area contributed by atoms with Crippen LogP contribution in [0.25, 0.3) is 0 Å². The summed E-state index contributed by atoms with van der Waals surface area (Å²) in [4.78, 5) is 2.16. The van der Waals surface area contributed by atoms with Crippen LogP contribution in [0.4, 0.5) is 0 Å². The molecule has 1 aromatic carbocycles. The highest BCUT2D eigenvalue weighted by molar-refractivity contribution is 7.85. The number of nitrogens with zero attached hydrogens (tertiary/aromatic N) is 1. The fraction of sp³-hybridized carbons (Fsp3) is 0.500. The van der Waals surface area contributed by atoms with Crippen LogP contribution in [0.5, 0.6) is 11.5 Å². The van der Waals surface area contributed by atoms with Crippen LogP contribution in [0.15, 0.2) is 12.1 Å². The van der Waals surface area contributed by atoms with Crippen molar-refractivity contribution >= 4 is 22.4 Å². The standard InChI is InChI=1S/C12H16ClNO3S/c1-17-11-7-10(13)6-9(12(11)15)8-14-2-4-18(16)5-3-14/h6-7,15H,2-5,8H2,1H3. The Morgan fingerprint density at radius 3 is 2.72 bits per heavy atom. The lowest BCUT2D eigenvalue weighted by atomic mass is 10.1. The maximum Gasteiger partial charge on any atom is 0.162 e. The van der Waals surface area contributed by atoms with Crippen LogP contribution in [-0.2, 0) is 17.3 Å². The Bertz CT molecular complexity index is 457. The van der Waals surface area contributed by atoms with Gasteiger partial charge in [-0.3, -0.25) is 9.11 Å². The second-order valence-corrected chi connectivity index (χ2v) is 6.37. The van der Waals surface area contributed by atoms with Crippen molar-refractivity contribution in [2.75, 3.05) is 31.7 Å². The molecule has 1 aliphatic heterocycles. The first kappa shape index (κ1) is 13.6. The number of phenolic OH excluding ortho intramolecular Hbond substituents is 1. The van der Waals surface area contributed by atoms with Crippen molar-refractivity contribution in [1.82, 2.24) is 4.90 Å². The summed E-state index contributed by atoms with van der Waals surface area (Å²) in [6.07, 6.45) is 0. The average molecular weight is 290 g/mol. The van der Waals surface area contributed by atoms with E-state index in [1.165, 1.54) is 7.11 Å². The van der Waals surface area contributed by atoms with Gasteiger partial charge in [0.05, 0.1) is 7.11 Å². The molecule has 0 aliphatic carbocycles. The van der Waals surface area contributed by atoms with E-state index < -0.39 is 10.8 Å². The molecule has 0 bridgehead atoms. The molecule has 6 heteroatoms. The molecule has 0 aromatic heterocycles. The van der Waals surface area contributed by atoms with E-state index in [4.69, 9.17) is 16.3 Å². The van der Waals surface area contributed by atoms with Crippen molar-refractivity contribution < 1.29 is 14.1 Å².